The summed E-state index contributed by atoms with van der Waals surface area (Å²) < 4.78 is 4.99. The molecular weight excluding hydrogens is 240 g/mol. The Bertz CT molecular complexity index is 430. The number of nitrogens with zero attached hydrogens (tertiary/aromatic N) is 2. The summed E-state index contributed by atoms with van der Waals surface area (Å²) in [5.41, 5.74) is 8.91. The number of nitrogens with two attached hydrogens (primary N) is 1. The van der Waals surface area contributed by atoms with E-state index >= 15 is 0 Å². The van der Waals surface area contributed by atoms with Crippen LogP contribution in [0.25, 0.3) is 0 Å². The number of piperidine rings is 1. The van der Waals surface area contributed by atoms with Crippen molar-refractivity contribution in [2.75, 3.05) is 20.1 Å². The van der Waals surface area contributed by atoms with Crippen LogP contribution in [0.4, 0.5) is 0 Å². The first-order valence-electron chi connectivity index (χ1n) is 6.62. The first-order valence-corrected chi connectivity index (χ1v) is 6.62. The number of hydrogen-bond acceptors (Lipinski definition) is 5. The summed E-state index contributed by atoms with van der Waals surface area (Å²) >= 11 is 0. The van der Waals surface area contributed by atoms with Gasteiger partial charge < -0.3 is 15.5 Å². The molecule has 1 saturated heterocycles. The minimum atomic E-state index is 0.457. The number of aromatic nitrogens is 1. The summed E-state index contributed by atoms with van der Waals surface area (Å²) in [7, 11) is 1.85. The van der Waals surface area contributed by atoms with E-state index in [-0.39, 0.29) is 0 Å². The standard InChI is InChI=1S/C14H22N4O/c1-11(16-2)7-14(15)12-3-5-18(6-4-12)8-13-9-19-10-17-13/h7,9-10,12,16H,1,3-6,8,15H2,2H3/b14-7-. The average Bonchev–Trinajstić information content (AvgIpc) is 2.92. The molecule has 3 N–H and O–H groups in total. The predicted octanol–water partition coefficient (Wildman–Crippen LogP) is 1.46. The van der Waals surface area contributed by atoms with E-state index in [9.17, 15) is 0 Å². The Labute approximate surface area is 114 Å². The van der Waals surface area contributed by atoms with Crippen LogP contribution in [-0.4, -0.2) is 30.0 Å². The van der Waals surface area contributed by atoms with Gasteiger partial charge in [-0.1, -0.05) is 6.58 Å². The van der Waals surface area contributed by atoms with E-state index < -0.39 is 0 Å². The number of likely N-dealkylation sites (N-methyl/N-ethyl adjacent to an activating group) is 1. The lowest BCUT2D eigenvalue weighted by molar-refractivity contribution is 0.189. The van der Waals surface area contributed by atoms with Gasteiger partial charge in [-0.25, -0.2) is 4.98 Å². The molecule has 0 unspecified atom stereocenters. The molecule has 0 aromatic carbocycles. The van der Waals surface area contributed by atoms with E-state index in [0.717, 1.165) is 49.6 Å². The highest BCUT2D eigenvalue weighted by molar-refractivity contribution is 5.19. The number of hydrogen-bond donors (Lipinski definition) is 2. The van der Waals surface area contributed by atoms with Crippen LogP contribution >= 0.6 is 0 Å². The van der Waals surface area contributed by atoms with Gasteiger partial charge in [0.2, 0.25) is 0 Å². The minimum absolute atomic E-state index is 0.457. The van der Waals surface area contributed by atoms with Gasteiger partial charge in [0.15, 0.2) is 6.39 Å². The molecule has 104 valence electrons. The SMILES string of the molecule is C=C(/C=C(\N)C1CCN(Cc2cocn2)CC1)NC. The van der Waals surface area contributed by atoms with Gasteiger partial charge >= 0.3 is 0 Å². The van der Waals surface area contributed by atoms with E-state index in [1.807, 2.05) is 13.1 Å². The zero-order valence-electron chi connectivity index (χ0n) is 11.4. The van der Waals surface area contributed by atoms with Gasteiger partial charge in [0.05, 0.1) is 5.69 Å². The van der Waals surface area contributed by atoms with Crippen LogP contribution < -0.4 is 11.1 Å². The Morgan fingerprint density at radius 3 is 2.95 bits per heavy atom. The van der Waals surface area contributed by atoms with Gasteiger partial charge in [-0.2, -0.15) is 0 Å². The maximum absolute atomic E-state index is 6.12. The molecule has 0 bridgehead atoms. The lowest BCUT2D eigenvalue weighted by atomic mass is 9.93. The minimum Gasteiger partial charge on any atom is -0.451 e. The van der Waals surface area contributed by atoms with Crippen molar-refractivity contribution in [2.45, 2.75) is 19.4 Å². The average molecular weight is 262 g/mol. The molecule has 5 heteroatoms. The highest BCUT2D eigenvalue weighted by Gasteiger charge is 2.21. The summed E-state index contributed by atoms with van der Waals surface area (Å²) in [6.45, 7) is 6.81. The summed E-state index contributed by atoms with van der Waals surface area (Å²) in [4.78, 5) is 6.53. The van der Waals surface area contributed by atoms with Crippen molar-refractivity contribution >= 4 is 0 Å². The fraction of sp³-hybridized carbons (Fsp3) is 0.500. The lowest BCUT2D eigenvalue weighted by Gasteiger charge is -2.31. The van der Waals surface area contributed by atoms with Crippen molar-refractivity contribution < 1.29 is 4.42 Å². The van der Waals surface area contributed by atoms with Crippen molar-refractivity contribution in [3.63, 3.8) is 0 Å². The first kappa shape index (κ1) is 13.7. The summed E-state index contributed by atoms with van der Waals surface area (Å²) in [5.74, 6) is 0.457. The molecule has 0 aliphatic carbocycles. The van der Waals surface area contributed by atoms with Crippen LogP contribution in [0.15, 0.2) is 41.1 Å². The number of allylic oxidation sites excluding steroid dienone is 2. The van der Waals surface area contributed by atoms with Crippen LogP contribution in [0.3, 0.4) is 0 Å². The molecule has 2 heterocycles. The maximum atomic E-state index is 6.12. The van der Waals surface area contributed by atoms with Crippen molar-refractivity contribution in [1.29, 1.82) is 0 Å². The van der Waals surface area contributed by atoms with Gasteiger partial charge in [-0.15, -0.1) is 0 Å². The third-order valence-corrected chi connectivity index (χ3v) is 3.59. The molecule has 0 amide bonds. The molecule has 0 saturated carbocycles. The van der Waals surface area contributed by atoms with Crippen molar-refractivity contribution in [3.8, 4) is 0 Å². The zero-order valence-corrected chi connectivity index (χ0v) is 11.4. The highest BCUT2D eigenvalue weighted by atomic mass is 16.3. The van der Waals surface area contributed by atoms with Crippen molar-refractivity contribution in [2.24, 2.45) is 11.7 Å². The number of likely N-dealkylation sites (tertiary alicyclic amines) is 1. The van der Waals surface area contributed by atoms with E-state index in [0.29, 0.717) is 5.92 Å². The second-order valence-electron chi connectivity index (χ2n) is 4.95. The molecule has 1 aromatic heterocycles. The topological polar surface area (TPSA) is 67.3 Å². The quantitative estimate of drug-likeness (QED) is 0.786. The van der Waals surface area contributed by atoms with Gasteiger partial charge in [0.1, 0.15) is 6.26 Å². The molecule has 1 fully saturated rings. The van der Waals surface area contributed by atoms with E-state index in [4.69, 9.17) is 10.2 Å². The van der Waals surface area contributed by atoms with E-state index in [2.05, 4.69) is 21.8 Å². The molecule has 1 aromatic rings. The molecule has 19 heavy (non-hydrogen) atoms. The molecule has 1 aliphatic rings. The summed E-state index contributed by atoms with van der Waals surface area (Å²) in [5, 5.41) is 2.99. The molecule has 0 atom stereocenters. The van der Waals surface area contributed by atoms with E-state index in [1.165, 1.54) is 6.39 Å². The maximum Gasteiger partial charge on any atom is 0.180 e. The van der Waals surface area contributed by atoms with Gasteiger partial charge in [-0.05, 0) is 32.0 Å². The monoisotopic (exact) mass is 262 g/mol. The van der Waals surface area contributed by atoms with Crippen LogP contribution in [0.5, 0.6) is 0 Å². The Morgan fingerprint density at radius 2 is 2.37 bits per heavy atom. The molecule has 0 radical (unpaired) electrons. The second-order valence-corrected chi connectivity index (χ2v) is 4.95. The van der Waals surface area contributed by atoms with Gasteiger partial charge in [-0.3, -0.25) is 4.90 Å². The zero-order chi connectivity index (χ0) is 13.7. The molecule has 1 aliphatic heterocycles. The Morgan fingerprint density at radius 1 is 1.63 bits per heavy atom. The summed E-state index contributed by atoms with van der Waals surface area (Å²) in [6, 6.07) is 0. The number of oxazole rings is 1. The largest absolute Gasteiger partial charge is 0.451 e. The molecule has 5 nitrogen and oxygen atoms in total. The fourth-order valence-corrected chi connectivity index (χ4v) is 2.36. The van der Waals surface area contributed by atoms with Crippen molar-refractivity contribution in [1.82, 2.24) is 15.2 Å². The summed E-state index contributed by atoms with van der Waals surface area (Å²) in [6.07, 6.45) is 7.29. The Kier molecular flexibility index (Phi) is 4.63. The fourth-order valence-electron chi connectivity index (χ4n) is 2.36. The van der Waals surface area contributed by atoms with Crippen LogP contribution in [0.2, 0.25) is 0 Å². The molecule has 2 rings (SSSR count). The number of nitrogens with one attached hydrogen (secondary N) is 1. The second kappa shape index (κ2) is 6.43. The van der Waals surface area contributed by atoms with Crippen molar-refractivity contribution in [3.05, 3.63) is 42.4 Å². The Hall–Kier alpha value is -1.75. The van der Waals surface area contributed by atoms with Gasteiger partial charge in [0.25, 0.3) is 0 Å². The van der Waals surface area contributed by atoms with Crippen LogP contribution in [-0.2, 0) is 6.54 Å². The first-order chi connectivity index (χ1) is 9.19. The predicted molar refractivity (Wildman–Crippen MR) is 75.0 cm³/mol. The normalized spacial score (nSPS) is 18.5. The molecule has 0 spiro atoms. The lowest BCUT2D eigenvalue weighted by Crippen LogP contribution is -2.35. The van der Waals surface area contributed by atoms with E-state index in [1.54, 1.807) is 6.26 Å². The molecular formula is C14H22N4O. The van der Waals surface area contributed by atoms with Crippen LogP contribution in [0.1, 0.15) is 18.5 Å². The Balaban J connectivity index is 1.82. The third-order valence-electron chi connectivity index (χ3n) is 3.59. The number of rotatable bonds is 5. The van der Waals surface area contributed by atoms with Crippen LogP contribution in [0, 0.1) is 5.92 Å². The third kappa shape index (κ3) is 3.86. The van der Waals surface area contributed by atoms with Gasteiger partial charge in [0, 0.05) is 30.9 Å². The highest BCUT2D eigenvalue weighted by Crippen LogP contribution is 2.23. The smallest absolute Gasteiger partial charge is 0.180 e.